The zero-order valence-corrected chi connectivity index (χ0v) is 12.2. The fourth-order valence-corrected chi connectivity index (χ4v) is 2.57. The summed E-state index contributed by atoms with van der Waals surface area (Å²) in [7, 11) is 3.14. The lowest BCUT2D eigenvalue weighted by atomic mass is 10.2. The molecule has 7 nitrogen and oxygen atoms in total. The van der Waals surface area contributed by atoms with Crippen molar-refractivity contribution in [1.82, 2.24) is 9.97 Å². The summed E-state index contributed by atoms with van der Waals surface area (Å²) >= 11 is 1.36. The first-order valence-electron chi connectivity index (χ1n) is 5.70. The third-order valence-corrected chi connectivity index (χ3v) is 3.59. The van der Waals surface area contributed by atoms with Crippen LogP contribution in [-0.2, 0) is 0 Å². The highest BCUT2D eigenvalue weighted by Crippen LogP contribution is 2.36. The maximum absolute atomic E-state index is 5.35. The van der Waals surface area contributed by atoms with Gasteiger partial charge in [-0.3, -0.25) is 4.98 Å². The number of rotatable bonds is 4. The zero-order chi connectivity index (χ0) is 14.7. The fourth-order valence-electron chi connectivity index (χ4n) is 1.64. The molecule has 0 fully saturated rings. The van der Waals surface area contributed by atoms with Crippen LogP contribution < -0.4 is 20.9 Å². The van der Waals surface area contributed by atoms with E-state index in [9.17, 15) is 0 Å². The molecule has 2 aromatic heterocycles. The van der Waals surface area contributed by atoms with Crippen LogP contribution in [0.15, 0.2) is 17.3 Å². The first-order chi connectivity index (χ1) is 9.55. The number of aliphatic imine (C=N–C) groups is 1. The van der Waals surface area contributed by atoms with E-state index in [0.717, 1.165) is 16.3 Å². The zero-order valence-electron chi connectivity index (χ0n) is 11.4. The molecule has 0 saturated heterocycles. The molecule has 0 saturated carbocycles. The first-order valence-corrected chi connectivity index (χ1v) is 6.52. The summed E-state index contributed by atoms with van der Waals surface area (Å²) in [5, 5.41) is 0.495. The Balaban J connectivity index is 2.46. The van der Waals surface area contributed by atoms with Crippen molar-refractivity contribution >= 4 is 22.4 Å². The summed E-state index contributed by atoms with van der Waals surface area (Å²) in [5.74, 6) is 1.15. The molecule has 20 heavy (non-hydrogen) atoms. The summed E-state index contributed by atoms with van der Waals surface area (Å²) in [6.07, 6.45) is 1.60. The topological polar surface area (TPSA) is 109 Å². The molecule has 0 bridgehead atoms. The second-order valence-corrected chi connectivity index (χ2v) is 4.85. The van der Waals surface area contributed by atoms with Gasteiger partial charge >= 0.3 is 0 Å². The molecule has 0 amide bonds. The Labute approximate surface area is 120 Å². The van der Waals surface area contributed by atoms with E-state index in [1.54, 1.807) is 26.5 Å². The van der Waals surface area contributed by atoms with E-state index in [0.29, 0.717) is 16.6 Å². The van der Waals surface area contributed by atoms with Crippen molar-refractivity contribution in [2.75, 3.05) is 14.2 Å². The first kappa shape index (κ1) is 14.1. The molecule has 0 atom stereocenters. The number of guanidine groups is 1. The van der Waals surface area contributed by atoms with Crippen LogP contribution in [0.3, 0.4) is 0 Å². The highest BCUT2D eigenvalue weighted by molar-refractivity contribution is 7.18. The summed E-state index contributed by atoms with van der Waals surface area (Å²) < 4.78 is 10.4. The summed E-state index contributed by atoms with van der Waals surface area (Å²) in [5.41, 5.74) is 12.2. The van der Waals surface area contributed by atoms with E-state index < -0.39 is 0 Å². The number of hydrogen-bond donors (Lipinski definition) is 2. The molecule has 2 aromatic rings. The van der Waals surface area contributed by atoms with Crippen molar-refractivity contribution < 1.29 is 9.47 Å². The van der Waals surface area contributed by atoms with Gasteiger partial charge in [-0.15, -0.1) is 0 Å². The summed E-state index contributed by atoms with van der Waals surface area (Å²) in [6, 6.07) is 1.79. The van der Waals surface area contributed by atoms with E-state index in [2.05, 4.69) is 15.0 Å². The van der Waals surface area contributed by atoms with E-state index >= 15 is 0 Å². The number of hydrogen-bond acceptors (Lipinski definition) is 6. The minimum absolute atomic E-state index is 0.0226. The van der Waals surface area contributed by atoms with Gasteiger partial charge in [0.15, 0.2) is 17.5 Å². The Morgan fingerprint density at radius 1 is 1.25 bits per heavy atom. The minimum Gasteiger partial charge on any atom is -0.493 e. The van der Waals surface area contributed by atoms with Crippen molar-refractivity contribution in [3.8, 4) is 22.1 Å². The van der Waals surface area contributed by atoms with Crippen LogP contribution in [-0.4, -0.2) is 30.1 Å². The predicted octanol–water partition coefficient (Wildman–Crippen LogP) is 1.44. The van der Waals surface area contributed by atoms with E-state index in [4.69, 9.17) is 20.9 Å². The Morgan fingerprint density at radius 3 is 2.55 bits per heavy atom. The molecule has 4 N–H and O–H groups in total. The number of thiazole rings is 1. The molecule has 106 valence electrons. The number of ether oxygens (including phenoxy) is 2. The largest absolute Gasteiger partial charge is 0.493 e. The fraction of sp³-hybridized carbons (Fsp3) is 0.250. The Hall–Kier alpha value is -2.35. The highest BCUT2D eigenvalue weighted by Gasteiger charge is 2.14. The number of nitrogens with zero attached hydrogens (tertiary/aromatic N) is 3. The molecule has 0 aromatic carbocycles. The number of methoxy groups -OCH3 is 2. The Bertz CT molecular complexity index is 649. The Morgan fingerprint density at radius 2 is 1.95 bits per heavy atom. The lowest BCUT2D eigenvalue weighted by Crippen LogP contribution is -2.21. The molecular formula is C12H15N5O2S. The molecule has 0 aliphatic carbocycles. The van der Waals surface area contributed by atoms with Gasteiger partial charge in [-0.2, -0.15) is 4.99 Å². The second-order valence-electron chi connectivity index (χ2n) is 3.87. The number of nitrogens with two attached hydrogens (primary N) is 2. The maximum atomic E-state index is 5.35. The average molecular weight is 293 g/mol. The number of aryl methyl sites for hydroxylation is 1. The van der Waals surface area contributed by atoms with Gasteiger partial charge in [-0.25, -0.2) is 4.98 Å². The van der Waals surface area contributed by atoms with Crippen LogP contribution in [0, 0.1) is 6.92 Å². The van der Waals surface area contributed by atoms with Gasteiger partial charge < -0.3 is 20.9 Å². The molecule has 2 rings (SSSR count). The minimum atomic E-state index is -0.0226. The quantitative estimate of drug-likeness (QED) is 0.652. The van der Waals surface area contributed by atoms with E-state index in [1.807, 2.05) is 6.92 Å². The van der Waals surface area contributed by atoms with Crippen molar-refractivity contribution in [2.24, 2.45) is 16.5 Å². The van der Waals surface area contributed by atoms with E-state index in [-0.39, 0.29) is 5.96 Å². The van der Waals surface area contributed by atoms with Gasteiger partial charge in [-0.1, -0.05) is 11.3 Å². The normalized spacial score (nSPS) is 10.2. The molecule has 0 radical (unpaired) electrons. The highest BCUT2D eigenvalue weighted by atomic mass is 32.1. The van der Waals surface area contributed by atoms with Gasteiger partial charge in [0, 0.05) is 6.07 Å². The molecule has 0 aliphatic heterocycles. The lowest BCUT2D eigenvalue weighted by Gasteiger charge is -2.07. The van der Waals surface area contributed by atoms with Crippen LogP contribution in [0.2, 0.25) is 0 Å². The lowest BCUT2D eigenvalue weighted by molar-refractivity contribution is 0.353. The second kappa shape index (κ2) is 5.74. The van der Waals surface area contributed by atoms with Gasteiger partial charge in [0.05, 0.1) is 36.7 Å². The molecule has 0 spiro atoms. The monoisotopic (exact) mass is 293 g/mol. The average Bonchev–Trinajstić information content (AvgIpc) is 2.77. The molecule has 0 unspecified atom stereocenters. The molecule has 2 heterocycles. The maximum Gasteiger partial charge on any atom is 0.213 e. The van der Waals surface area contributed by atoms with Crippen LogP contribution in [0.25, 0.3) is 10.6 Å². The van der Waals surface area contributed by atoms with Gasteiger partial charge in [0.2, 0.25) is 5.13 Å². The third kappa shape index (κ3) is 2.80. The number of pyridine rings is 1. The van der Waals surface area contributed by atoms with Gasteiger partial charge in [0.25, 0.3) is 0 Å². The molecule has 8 heteroatoms. The van der Waals surface area contributed by atoms with Gasteiger partial charge in [0.1, 0.15) is 0 Å². The van der Waals surface area contributed by atoms with E-state index in [1.165, 1.54) is 11.3 Å². The SMILES string of the molecule is COc1cnc(-c2sc(N=C(N)N)nc2C)cc1OC. The molecule has 0 aliphatic rings. The third-order valence-electron chi connectivity index (χ3n) is 2.51. The van der Waals surface area contributed by atoms with Crippen LogP contribution in [0.1, 0.15) is 5.69 Å². The Kier molecular flexibility index (Phi) is 4.04. The van der Waals surface area contributed by atoms with Gasteiger partial charge in [-0.05, 0) is 6.92 Å². The van der Waals surface area contributed by atoms with Crippen LogP contribution >= 0.6 is 11.3 Å². The van der Waals surface area contributed by atoms with Crippen molar-refractivity contribution in [1.29, 1.82) is 0 Å². The van der Waals surface area contributed by atoms with Crippen molar-refractivity contribution in [3.63, 3.8) is 0 Å². The standard InChI is InChI=1S/C12H15N5O2S/c1-6-10(20-12(16-6)17-11(13)14)7-4-8(18-2)9(19-3)5-15-7/h4-5H,1-3H3,(H4,13,14,16,17). The number of aromatic nitrogens is 2. The summed E-state index contributed by atoms with van der Waals surface area (Å²) in [4.78, 5) is 13.4. The van der Waals surface area contributed by atoms with Crippen LogP contribution in [0.4, 0.5) is 5.13 Å². The summed E-state index contributed by atoms with van der Waals surface area (Å²) in [6.45, 7) is 1.87. The van der Waals surface area contributed by atoms with Crippen molar-refractivity contribution in [2.45, 2.75) is 6.92 Å². The smallest absolute Gasteiger partial charge is 0.213 e. The molecular weight excluding hydrogens is 278 g/mol. The predicted molar refractivity (Wildman–Crippen MR) is 78.7 cm³/mol. The van der Waals surface area contributed by atoms with Crippen molar-refractivity contribution in [3.05, 3.63) is 18.0 Å². The van der Waals surface area contributed by atoms with Crippen LogP contribution in [0.5, 0.6) is 11.5 Å².